The molecule has 1 atom stereocenters. The maximum atomic E-state index is 12.8. The number of amides is 1. The van der Waals surface area contributed by atoms with Gasteiger partial charge in [-0.15, -0.1) is 0 Å². The maximum Gasteiger partial charge on any atom is 0.330 e. The molecule has 142 valence electrons. The molecule has 0 saturated carbocycles. The van der Waals surface area contributed by atoms with E-state index in [1.165, 1.54) is 40.3 Å². The van der Waals surface area contributed by atoms with Gasteiger partial charge in [0.25, 0.3) is 5.91 Å². The van der Waals surface area contributed by atoms with Crippen molar-refractivity contribution < 1.29 is 23.1 Å². The first kappa shape index (κ1) is 19.2. The number of carbonyl (C=O) groups is 2. The molecule has 0 aliphatic carbocycles. The second kappa shape index (κ2) is 7.58. The number of carboxylic acids is 1. The van der Waals surface area contributed by atoms with Gasteiger partial charge in [-0.3, -0.25) is 4.79 Å². The summed E-state index contributed by atoms with van der Waals surface area (Å²) in [6, 6.07) is 5.82. The second-order valence-corrected chi connectivity index (χ2v) is 9.68. The Hall–Kier alpha value is -1.58. The monoisotopic (exact) mass is 398 g/mol. The number of piperidine rings is 1. The number of sulfonamides is 1. The quantitative estimate of drug-likeness (QED) is 0.780. The first-order valence-electron chi connectivity index (χ1n) is 8.59. The molecule has 2 heterocycles. The molecule has 2 fully saturated rings. The van der Waals surface area contributed by atoms with Crippen molar-refractivity contribution in [2.75, 3.05) is 24.6 Å². The molecule has 1 unspecified atom stereocenters. The average Bonchev–Trinajstić information content (AvgIpc) is 3.12. The van der Waals surface area contributed by atoms with Crippen molar-refractivity contribution >= 4 is 33.7 Å². The lowest BCUT2D eigenvalue weighted by Crippen LogP contribution is -2.54. The van der Waals surface area contributed by atoms with Gasteiger partial charge in [-0.2, -0.15) is 16.1 Å². The van der Waals surface area contributed by atoms with Crippen LogP contribution in [0.15, 0.2) is 29.2 Å². The number of hydrogen-bond acceptors (Lipinski definition) is 5. The Morgan fingerprint density at radius 2 is 1.92 bits per heavy atom. The van der Waals surface area contributed by atoms with Gasteiger partial charge >= 0.3 is 5.97 Å². The van der Waals surface area contributed by atoms with Crippen LogP contribution in [0.3, 0.4) is 0 Å². The smallest absolute Gasteiger partial charge is 0.330 e. The molecule has 1 amide bonds. The van der Waals surface area contributed by atoms with Crippen molar-refractivity contribution in [3.05, 3.63) is 29.8 Å². The number of aliphatic carboxylic acids is 1. The number of nitrogens with one attached hydrogen (secondary N) is 1. The van der Waals surface area contributed by atoms with E-state index in [4.69, 9.17) is 0 Å². The molecule has 2 N–H and O–H groups in total. The normalized spacial score (nSPS) is 24.3. The molecule has 2 aliphatic rings. The van der Waals surface area contributed by atoms with Gasteiger partial charge in [-0.25, -0.2) is 13.2 Å². The molecule has 0 spiro atoms. The van der Waals surface area contributed by atoms with Crippen LogP contribution in [0.1, 0.15) is 36.0 Å². The Labute approximate surface area is 157 Å². The molecule has 0 radical (unpaired) electrons. The van der Waals surface area contributed by atoms with Crippen LogP contribution in [0.5, 0.6) is 0 Å². The predicted molar refractivity (Wildman–Crippen MR) is 98.8 cm³/mol. The molecule has 1 aromatic carbocycles. The summed E-state index contributed by atoms with van der Waals surface area (Å²) in [6.07, 6.45) is 3.03. The number of benzene rings is 1. The van der Waals surface area contributed by atoms with Gasteiger partial charge in [0, 0.05) is 24.4 Å². The molecule has 9 heteroatoms. The zero-order valence-electron chi connectivity index (χ0n) is 14.3. The molecule has 2 saturated heterocycles. The van der Waals surface area contributed by atoms with Gasteiger partial charge in [-0.1, -0.05) is 12.5 Å². The molecular formula is C17H22N2O5S2. The van der Waals surface area contributed by atoms with E-state index in [0.717, 1.165) is 19.3 Å². The van der Waals surface area contributed by atoms with E-state index in [2.05, 4.69) is 5.32 Å². The minimum absolute atomic E-state index is 0.0669. The van der Waals surface area contributed by atoms with Gasteiger partial charge in [0.2, 0.25) is 10.0 Å². The van der Waals surface area contributed by atoms with Crippen molar-refractivity contribution in [3.63, 3.8) is 0 Å². The van der Waals surface area contributed by atoms with Gasteiger partial charge < -0.3 is 10.4 Å². The number of carboxylic acid groups (broad SMARTS) is 1. The minimum atomic E-state index is -3.64. The largest absolute Gasteiger partial charge is 0.479 e. The summed E-state index contributed by atoms with van der Waals surface area (Å²) >= 11 is 1.47. The summed E-state index contributed by atoms with van der Waals surface area (Å²) in [6.45, 7) is 0.968. The zero-order valence-corrected chi connectivity index (χ0v) is 15.9. The van der Waals surface area contributed by atoms with E-state index in [0.29, 0.717) is 31.0 Å². The second-order valence-electron chi connectivity index (χ2n) is 6.64. The number of rotatable bonds is 5. The van der Waals surface area contributed by atoms with Crippen LogP contribution < -0.4 is 5.32 Å². The molecule has 1 aromatic rings. The number of carbonyl (C=O) groups excluding carboxylic acids is 1. The van der Waals surface area contributed by atoms with Gasteiger partial charge in [0.05, 0.1) is 4.90 Å². The van der Waals surface area contributed by atoms with Crippen LogP contribution in [-0.2, 0) is 14.8 Å². The Kier molecular flexibility index (Phi) is 5.59. The molecule has 0 aromatic heterocycles. The summed E-state index contributed by atoms with van der Waals surface area (Å²) in [5.41, 5.74) is -1.13. The van der Waals surface area contributed by atoms with Gasteiger partial charge in [-0.05, 0) is 43.2 Å². The summed E-state index contributed by atoms with van der Waals surface area (Å²) in [5.74, 6) is -0.658. The molecule has 7 nitrogen and oxygen atoms in total. The molecule has 0 bridgehead atoms. The highest BCUT2D eigenvalue weighted by Crippen LogP contribution is 2.29. The average molecular weight is 399 g/mol. The Morgan fingerprint density at radius 3 is 2.54 bits per heavy atom. The lowest BCUT2D eigenvalue weighted by molar-refractivity contribution is -0.143. The Morgan fingerprint density at radius 1 is 1.19 bits per heavy atom. The Bertz CT molecular complexity index is 797. The number of hydrogen-bond donors (Lipinski definition) is 2. The summed E-state index contributed by atoms with van der Waals surface area (Å²) in [4.78, 5) is 24.2. The minimum Gasteiger partial charge on any atom is -0.479 e. The lowest BCUT2D eigenvalue weighted by Gasteiger charge is -2.26. The summed E-state index contributed by atoms with van der Waals surface area (Å²) in [7, 11) is -3.64. The fourth-order valence-electron chi connectivity index (χ4n) is 3.23. The third kappa shape index (κ3) is 3.74. The first-order chi connectivity index (χ1) is 12.3. The van der Waals surface area contributed by atoms with Crippen LogP contribution >= 0.6 is 11.8 Å². The van der Waals surface area contributed by atoms with Crippen molar-refractivity contribution in [1.82, 2.24) is 9.62 Å². The van der Waals surface area contributed by atoms with E-state index >= 15 is 0 Å². The fraction of sp³-hybridized carbons (Fsp3) is 0.529. The number of nitrogens with zero attached hydrogens (tertiary/aromatic N) is 1. The van der Waals surface area contributed by atoms with E-state index in [1.807, 2.05) is 0 Å². The Balaban J connectivity index is 1.82. The van der Waals surface area contributed by atoms with E-state index in [-0.39, 0.29) is 10.5 Å². The van der Waals surface area contributed by atoms with Gasteiger partial charge in [0.15, 0.2) is 0 Å². The van der Waals surface area contributed by atoms with Crippen LogP contribution in [0, 0.1) is 0 Å². The molecule has 2 aliphatic heterocycles. The zero-order chi connectivity index (χ0) is 18.8. The van der Waals surface area contributed by atoms with Crippen molar-refractivity contribution in [3.8, 4) is 0 Å². The highest BCUT2D eigenvalue weighted by Gasteiger charge is 2.43. The van der Waals surface area contributed by atoms with E-state index in [9.17, 15) is 23.1 Å². The van der Waals surface area contributed by atoms with E-state index < -0.39 is 27.4 Å². The molecule has 26 heavy (non-hydrogen) atoms. The summed E-state index contributed by atoms with van der Waals surface area (Å²) in [5, 5.41) is 12.1. The third-order valence-electron chi connectivity index (χ3n) is 4.83. The topological polar surface area (TPSA) is 104 Å². The van der Waals surface area contributed by atoms with Crippen LogP contribution in [0.2, 0.25) is 0 Å². The number of thioether (sulfide) groups is 1. The molecule has 3 rings (SSSR count). The van der Waals surface area contributed by atoms with Crippen LogP contribution in [-0.4, -0.2) is 59.8 Å². The highest BCUT2D eigenvalue weighted by molar-refractivity contribution is 7.99. The van der Waals surface area contributed by atoms with Crippen molar-refractivity contribution in [2.45, 2.75) is 36.1 Å². The van der Waals surface area contributed by atoms with Crippen molar-refractivity contribution in [1.29, 1.82) is 0 Å². The standard InChI is InChI=1S/C17H22N2O5S2/c20-15(18-17(16(21)22)7-10-25-12-17)13-5-4-6-14(11-13)26(23,24)19-8-2-1-3-9-19/h4-6,11H,1-3,7-10,12H2,(H,18,20)(H,21,22). The van der Waals surface area contributed by atoms with Crippen LogP contribution in [0.4, 0.5) is 0 Å². The lowest BCUT2D eigenvalue weighted by atomic mass is 9.98. The van der Waals surface area contributed by atoms with Crippen molar-refractivity contribution in [2.24, 2.45) is 0 Å². The SMILES string of the molecule is O=C(NC1(C(=O)O)CCSC1)c1cccc(S(=O)(=O)N2CCCCC2)c1. The van der Waals surface area contributed by atoms with E-state index in [1.54, 1.807) is 0 Å². The summed E-state index contributed by atoms with van der Waals surface area (Å²) < 4.78 is 27.0. The molecular weight excluding hydrogens is 376 g/mol. The third-order valence-corrected chi connectivity index (χ3v) is 7.92. The maximum absolute atomic E-state index is 12.8. The van der Waals surface area contributed by atoms with Crippen LogP contribution in [0.25, 0.3) is 0 Å². The van der Waals surface area contributed by atoms with Gasteiger partial charge in [0.1, 0.15) is 5.54 Å². The predicted octanol–water partition coefficient (Wildman–Crippen LogP) is 1.55. The fourth-order valence-corrected chi connectivity index (χ4v) is 6.12. The first-order valence-corrected chi connectivity index (χ1v) is 11.2. The highest BCUT2D eigenvalue weighted by atomic mass is 32.2.